The Morgan fingerprint density at radius 1 is 0.914 bits per heavy atom. The monoisotopic (exact) mass is 474 g/mol. The molecule has 8 heteroatoms. The topological polar surface area (TPSA) is 93.2 Å². The van der Waals surface area contributed by atoms with Crippen LogP contribution < -0.4 is 19.3 Å². The molecule has 0 N–H and O–H groups in total. The van der Waals surface area contributed by atoms with Gasteiger partial charge in [-0.25, -0.2) is 4.90 Å². The van der Waals surface area contributed by atoms with Gasteiger partial charge in [-0.1, -0.05) is 23.8 Å². The zero-order valence-electron chi connectivity index (χ0n) is 19.6. The van der Waals surface area contributed by atoms with Crippen LogP contribution in [0.15, 0.2) is 60.2 Å². The van der Waals surface area contributed by atoms with E-state index in [4.69, 9.17) is 9.47 Å². The van der Waals surface area contributed by atoms with Crippen molar-refractivity contribution in [3.63, 3.8) is 0 Å². The number of hydrogen-bond donors (Lipinski definition) is 0. The second-order valence-corrected chi connectivity index (χ2v) is 9.24. The summed E-state index contributed by atoms with van der Waals surface area (Å²) in [6.07, 6.45) is 3.20. The molecule has 35 heavy (non-hydrogen) atoms. The summed E-state index contributed by atoms with van der Waals surface area (Å²) in [5.74, 6) is -1.62. The molecule has 0 bridgehead atoms. The maximum Gasteiger partial charge on any atom is 0.316 e. The molecule has 0 aromatic heterocycles. The fourth-order valence-corrected chi connectivity index (χ4v) is 5.07. The zero-order valence-corrected chi connectivity index (χ0v) is 19.6. The van der Waals surface area contributed by atoms with Crippen molar-refractivity contribution in [2.45, 2.75) is 26.2 Å². The summed E-state index contributed by atoms with van der Waals surface area (Å²) in [6, 6.07) is 13.5. The number of anilines is 2. The first-order valence-corrected chi connectivity index (χ1v) is 11.7. The lowest BCUT2D eigenvalue weighted by Crippen LogP contribution is -2.31. The van der Waals surface area contributed by atoms with Gasteiger partial charge in [0.2, 0.25) is 17.7 Å². The first-order chi connectivity index (χ1) is 16.9. The van der Waals surface area contributed by atoms with E-state index >= 15 is 0 Å². The summed E-state index contributed by atoms with van der Waals surface area (Å²) in [6.45, 7) is 2.17. The largest absolute Gasteiger partial charge is 0.497 e. The van der Waals surface area contributed by atoms with E-state index in [-0.39, 0.29) is 48.3 Å². The first kappa shape index (κ1) is 22.8. The number of benzene rings is 2. The Bertz CT molecular complexity index is 1250. The molecule has 2 fully saturated rings. The van der Waals surface area contributed by atoms with Gasteiger partial charge in [0.15, 0.2) is 0 Å². The minimum absolute atomic E-state index is 0.0363. The van der Waals surface area contributed by atoms with Crippen molar-refractivity contribution in [1.29, 1.82) is 0 Å². The highest BCUT2D eigenvalue weighted by Gasteiger charge is 2.48. The number of fused-ring (bicyclic) bond motifs is 1. The van der Waals surface area contributed by atoms with Crippen molar-refractivity contribution in [2.24, 2.45) is 17.8 Å². The van der Waals surface area contributed by atoms with Crippen molar-refractivity contribution in [3.05, 3.63) is 60.2 Å². The average Bonchev–Trinajstić information content (AvgIpc) is 3.36. The quantitative estimate of drug-likeness (QED) is 0.285. The average molecular weight is 475 g/mol. The summed E-state index contributed by atoms with van der Waals surface area (Å²) >= 11 is 0. The van der Waals surface area contributed by atoms with E-state index in [1.807, 2.05) is 13.0 Å². The van der Waals surface area contributed by atoms with Crippen molar-refractivity contribution in [1.82, 2.24) is 0 Å². The van der Waals surface area contributed by atoms with Crippen LogP contribution in [0.25, 0.3) is 0 Å². The summed E-state index contributed by atoms with van der Waals surface area (Å²) < 4.78 is 10.8. The first-order valence-electron chi connectivity index (χ1n) is 11.7. The van der Waals surface area contributed by atoms with E-state index < -0.39 is 11.9 Å². The van der Waals surface area contributed by atoms with Crippen LogP contribution in [0.3, 0.4) is 0 Å². The number of imide groups is 1. The van der Waals surface area contributed by atoms with E-state index in [1.165, 1.54) is 11.0 Å². The van der Waals surface area contributed by atoms with E-state index in [9.17, 15) is 19.2 Å². The molecule has 0 saturated carbocycles. The number of amides is 3. The van der Waals surface area contributed by atoms with E-state index in [0.717, 1.165) is 5.57 Å². The lowest BCUT2D eigenvalue weighted by atomic mass is 9.82. The van der Waals surface area contributed by atoms with Gasteiger partial charge in [0.1, 0.15) is 11.5 Å². The van der Waals surface area contributed by atoms with E-state index in [1.54, 1.807) is 54.5 Å². The van der Waals surface area contributed by atoms with E-state index in [2.05, 4.69) is 0 Å². The molecule has 5 rings (SSSR count). The highest BCUT2D eigenvalue weighted by molar-refractivity contribution is 6.22. The van der Waals surface area contributed by atoms with Gasteiger partial charge < -0.3 is 14.4 Å². The normalized spacial score (nSPS) is 23.9. The molecule has 0 unspecified atom stereocenters. The number of ether oxygens (including phenoxy) is 2. The summed E-state index contributed by atoms with van der Waals surface area (Å²) in [5, 5.41) is 0. The standard InChI is InChI=1S/C27H26N2O6/c1-16-9-10-22-23(11-16)26(32)29(25(22)31)19-6-4-8-21(14-19)35-27(33)17-12-24(30)28(15-17)18-5-3-7-20(13-18)34-2/h3-9,13-14,17,22-23H,10-12,15H2,1-2H3/t17-,22-,23+/m1/s1. The number of hydrogen-bond acceptors (Lipinski definition) is 6. The Hall–Kier alpha value is -3.94. The second kappa shape index (κ2) is 9.02. The SMILES string of the molecule is COc1cccc(N2C[C@H](C(=O)Oc3cccc(N4C(=O)[C@H]5CC(C)=CC[C@H]5C4=O)c3)CC2=O)c1. The molecular weight excluding hydrogens is 448 g/mol. The van der Waals surface area contributed by atoms with Gasteiger partial charge in [-0.3, -0.25) is 19.2 Å². The van der Waals surface area contributed by atoms with Gasteiger partial charge in [-0.15, -0.1) is 0 Å². The number of carbonyl (C=O) groups is 4. The van der Waals surface area contributed by atoms with Crippen LogP contribution in [0.5, 0.6) is 11.5 Å². The van der Waals surface area contributed by atoms with Crippen LogP contribution in [-0.4, -0.2) is 37.3 Å². The molecule has 2 aromatic carbocycles. The van der Waals surface area contributed by atoms with Gasteiger partial charge in [-0.2, -0.15) is 0 Å². The summed E-state index contributed by atoms with van der Waals surface area (Å²) in [7, 11) is 1.55. The van der Waals surface area contributed by atoms with E-state index in [0.29, 0.717) is 30.0 Å². The fourth-order valence-electron chi connectivity index (χ4n) is 5.07. The molecule has 0 radical (unpaired) electrons. The minimum Gasteiger partial charge on any atom is -0.497 e. The van der Waals surface area contributed by atoms with Crippen LogP contribution >= 0.6 is 0 Å². The molecule has 2 heterocycles. The molecule has 3 aliphatic rings. The Kier molecular flexibility index (Phi) is 5.88. The molecule has 2 saturated heterocycles. The molecule has 2 aromatic rings. The molecule has 180 valence electrons. The number of esters is 1. The van der Waals surface area contributed by atoms with Gasteiger partial charge in [-0.05, 0) is 44.0 Å². The molecular formula is C27H26N2O6. The van der Waals surface area contributed by atoms with Crippen LogP contribution in [0, 0.1) is 17.8 Å². The van der Waals surface area contributed by atoms with Crippen LogP contribution in [0.2, 0.25) is 0 Å². The molecule has 0 spiro atoms. The number of carbonyl (C=O) groups excluding carboxylic acids is 4. The third-order valence-corrected chi connectivity index (χ3v) is 6.94. The highest BCUT2D eigenvalue weighted by Crippen LogP contribution is 2.40. The van der Waals surface area contributed by atoms with Crippen molar-refractivity contribution >= 4 is 35.1 Å². The number of nitrogens with zero attached hydrogens (tertiary/aromatic N) is 2. The van der Waals surface area contributed by atoms with Crippen molar-refractivity contribution in [3.8, 4) is 11.5 Å². The third-order valence-electron chi connectivity index (χ3n) is 6.94. The molecule has 8 nitrogen and oxygen atoms in total. The number of methoxy groups -OCH3 is 1. The Labute approximate surface area is 203 Å². The van der Waals surface area contributed by atoms with Gasteiger partial charge in [0.25, 0.3) is 0 Å². The Balaban J connectivity index is 1.29. The molecule has 3 amide bonds. The molecule has 2 aliphatic heterocycles. The van der Waals surface area contributed by atoms with Crippen LogP contribution in [0.4, 0.5) is 11.4 Å². The lowest BCUT2D eigenvalue weighted by molar-refractivity contribution is -0.139. The van der Waals surface area contributed by atoms with Gasteiger partial charge >= 0.3 is 5.97 Å². The second-order valence-electron chi connectivity index (χ2n) is 9.24. The van der Waals surface area contributed by atoms with Crippen LogP contribution in [0.1, 0.15) is 26.2 Å². The Morgan fingerprint density at radius 3 is 2.37 bits per heavy atom. The predicted octanol–water partition coefficient (Wildman–Crippen LogP) is 3.50. The highest BCUT2D eigenvalue weighted by atomic mass is 16.5. The maximum absolute atomic E-state index is 13.0. The summed E-state index contributed by atoms with van der Waals surface area (Å²) in [5.41, 5.74) is 2.16. The smallest absolute Gasteiger partial charge is 0.316 e. The number of allylic oxidation sites excluding steroid dienone is 2. The van der Waals surface area contributed by atoms with Gasteiger partial charge in [0, 0.05) is 30.8 Å². The van der Waals surface area contributed by atoms with Gasteiger partial charge in [0.05, 0.1) is 30.6 Å². The molecule has 3 atom stereocenters. The zero-order chi connectivity index (χ0) is 24.7. The minimum atomic E-state index is -0.635. The third kappa shape index (κ3) is 4.20. The predicted molar refractivity (Wildman–Crippen MR) is 128 cm³/mol. The maximum atomic E-state index is 13.0. The van der Waals surface area contributed by atoms with Crippen LogP contribution in [-0.2, 0) is 19.2 Å². The van der Waals surface area contributed by atoms with Crippen molar-refractivity contribution < 1.29 is 28.7 Å². The summed E-state index contributed by atoms with van der Waals surface area (Å²) in [4.78, 5) is 54.2. The lowest BCUT2D eigenvalue weighted by Gasteiger charge is -2.18. The molecule has 1 aliphatic carbocycles. The fraction of sp³-hybridized carbons (Fsp3) is 0.333. The Morgan fingerprint density at radius 2 is 1.60 bits per heavy atom. The van der Waals surface area contributed by atoms with Crippen molar-refractivity contribution in [2.75, 3.05) is 23.5 Å². The number of rotatable bonds is 5.